The average Bonchev–Trinajstić information content (AvgIpc) is 2.21. The lowest BCUT2D eigenvalue weighted by Gasteiger charge is -2.09. The van der Waals surface area contributed by atoms with Crippen LogP contribution in [0.2, 0.25) is 0 Å². The van der Waals surface area contributed by atoms with Crippen molar-refractivity contribution in [2.24, 2.45) is 0 Å². The molecule has 4 nitrogen and oxygen atoms in total. The Bertz CT molecular complexity index is 474. The molecule has 96 valence electrons. The fourth-order valence-corrected chi connectivity index (χ4v) is 2.88. The van der Waals surface area contributed by atoms with Crippen molar-refractivity contribution in [3.63, 3.8) is 0 Å². The third-order valence-electron chi connectivity index (χ3n) is 2.14. The molecule has 1 aromatic rings. The number of nitrogen functional groups attached to an aromatic ring is 1. The van der Waals surface area contributed by atoms with Crippen molar-refractivity contribution in [3.8, 4) is 5.75 Å². The van der Waals surface area contributed by atoms with E-state index >= 15 is 0 Å². The lowest BCUT2D eigenvalue weighted by atomic mass is 10.3. The second kappa shape index (κ2) is 6.26. The molecule has 0 heterocycles. The highest BCUT2D eigenvalue weighted by Crippen LogP contribution is 2.25. The SMILES string of the molecule is CCCS(=O)(=O)CCOc1ccc(Br)cc1N. The van der Waals surface area contributed by atoms with Gasteiger partial charge in [-0.1, -0.05) is 22.9 Å². The van der Waals surface area contributed by atoms with Gasteiger partial charge in [-0.15, -0.1) is 0 Å². The van der Waals surface area contributed by atoms with E-state index < -0.39 is 9.84 Å². The molecule has 2 N–H and O–H groups in total. The van der Waals surface area contributed by atoms with E-state index in [-0.39, 0.29) is 18.1 Å². The molecule has 0 fully saturated rings. The first-order chi connectivity index (χ1) is 7.94. The zero-order valence-electron chi connectivity index (χ0n) is 9.65. The van der Waals surface area contributed by atoms with Gasteiger partial charge in [0.1, 0.15) is 12.4 Å². The molecule has 0 aliphatic carbocycles. The number of hydrogen-bond acceptors (Lipinski definition) is 4. The molecule has 0 saturated carbocycles. The summed E-state index contributed by atoms with van der Waals surface area (Å²) in [6.45, 7) is 1.97. The van der Waals surface area contributed by atoms with Gasteiger partial charge in [-0.25, -0.2) is 8.42 Å². The second-order valence-corrected chi connectivity index (χ2v) is 6.90. The molecule has 0 unspecified atom stereocenters. The van der Waals surface area contributed by atoms with Gasteiger partial charge < -0.3 is 10.5 Å². The van der Waals surface area contributed by atoms with E-state index in [9.17, 15) is 8.42 Å². The van der Waals surface area contributed by atoms with Gasteiger partial charge in [-0.05, 0) is 24.6 Å². The van der Waals surface area contributed by atoms with Gasteiger partial charge in [0.25, 0.3) is 0 Å². The summed E-state index contributed by atoms with van der Waals surface area (Å²) in [7, 11) is -3.00. The van der Waals surface area contributed by atoms with E-state index in [0.29, 0.717) is 17.9 Å². The Hall–Kier alpha value is -0.750. The molecule has 0 aliphatic heterocycles. The Kier molecular flexibility index (Phi) is 5.27. The summed E-state index contributed by atoms with van der Waals surface area (Å²) in [4.78, 5) is 0. The van der Waals surface area contributed by atoms with Crippen LogP contribution in [-0.4, -0.2) is 26.5 Å². The third-order valence-corrected chi connectivity index (χ3v) is 4.45. The van der Waals surface area contributed by atoms with Gasteiger partial charge in [0.15, 0.2) is 9.84 Å². The molecule has 1 aromatic carbocycles. The first-order valence-corrected chi connectivity index (χ1v) is 7.94. The number of anilines is 1. The van der Waals surface area contributed by atoms with Crippen molar-refractivity contribution >= 4 is 31.5 Å². The maximum absolute atomic E-state index is 11.4. The van der Waals surface area contributed by atoms with E-state index in [2.05, 4.69) is 15.9 Å². The van der Waals surface area contributed by atoms with E-state index in [1.54, 1.807) is 18.2 Å². The Morgan fingerprint density at radius 2 is 2.06 bits per heavy atom. The fraction of sp³-hybridized carbons (Fsp3) is 0.455. The van der Waals surface area contributed by atoms with Crippen molar-refractivity contribution in [1.29, 1.82) is 0 Å². The van der Waals surface area contributed by atoms with Crippen LogP contribution in [0.5, 0.6) is 5.75 Å². The topological polar surface area (TPSA) is 69.4 Å². The molecule has 0 spiro atoms. The summed E-state index contributed by atoms with van der Waals surface area (Å²) in [6, 6.07) is 5.23. The minimum atomic E-state index is -3.00. The van der Waals surface area contributed by atoms with Crippen LogP contribution in [0, 0.1) is 0 Å². The summed E-state index contributed by atoms with van der Waals surface area (Å²) < 4.78 is 29.1. The highest BCUT2D eigenvalue weighted by atomic mass is 79.9. The zero-order chi connectivity index (χ0) is 12.9. The van der Waals surface area contributed by atoms with Crippen molar-refractivity contribution in [2.45, 2.75) is 13.3 Å². The predicted octanol–water partition coefficient (Wildman–Crippen LogP) is 2.23. The molecule has 0 amide bonds. The monoisotopic (exact) mass is 321 g/mol. The molecule has 0 radical (unpaired) electrons. The molecule has 0 atom stereocenters. The van der Waals surface area contributed by atoms with Gasteiger partial charge >= 0.3 is 0 Å². The lowest BCUT2D eigenvalue weighted by molar-refractivity contribution is 0.342. The normalized spacial score (nSPS) is 11.4. The predicted molar refractivity (Wildman–Crippen MR) is 73.0 cm³/mol. The molecule has 6 heteroatoms. The van der Waals surface area contributed by atoms with Gasteiger partial charge in [0.05, 0.1) is 17.2 Å². The fourth-order valence-electron chi connectivity index (χ4n) is 1.34. The van der Waals surface area contributed by atoms with E-state index in [0.717, 1.165) is 4.47 Å². The Morgan fingerprint density at radius 3 is 2.65 bits per heavy atom. The summed E-state index contributed by atoms with van der Waals surface area (Å²) in [5.74, 6) is 0.739. The van der Waals surface area contributed by atoms with Gasteiger partial charge in [0, 0.05) is 4.47 Å². The first kappa shape index (κ1) is 14.3. The number of rotatable bonds is 6. The molecule has 0 aliphatic rings. The van der Waals surface area contributed by atoms with E-state index in [1.165, 1.54) is 0 Å². The van der Waals surface area contributed by atoms with Gasteiger partial charge in [-0.2, -0.15) is 0 Å². The van der Waals surface area contributed by atoms with Crippen molar-refractivity contribution in [2.75, 3.05) is 23.8 Å². The number of benzene rings is 1. The van der Waals surface area contributed by atoms with E-state index in [1.807, 2.05) is 6.92 Å². The smallest absolute Gasteiger partial charge is 0.153 e. The van der Waals surface area contributed by atoms with Crippen LogP contribution in [0.4, 0.5) is 5.69 Å². The standard InChI is InChI=1S/C11H16BrNO3S/c1-2-6-17(14,15)7-5-16-11-4-3-9(12)8-10(11)13/h3-4,8H,2,5-7,13H2,1H3. The summed E-state index contributed by atoms with van der Waals surface area (Å²) in [5, 5.41) is 0. The first-order valence-electron chi connectivity index (χ1n) is 5.33. The number of sulfone groups is 1. The molecule has 1 rings (SSSR count). The summed E-state index contributed by atoms with van der Waals surface area (Å²) in [6.07, 6.45) is 0.628. The molecule has 0 aromatic heterocycles. The van der Waals surface area contributed by atoms with E-state index in [4.69, 9.17) is 10.5 Å². The third kappa shape index (κ3) is 4.95. The maximum atomic E-state index is 11.4. The molecule has 17 heavy (non-hydrogen) atoms. The van der Waals surface area contributed by atoms with Crippen LogP contribution >= 0.6 is 15.9 Å². The highest BCUT2D eigenvalue weighted by molar-refractivity contribution is 9.10. The number of hydrogen-bond donors (Lipinski definition) is 1. The number of halogens is 1. The maximum Gasteiger partial charge on any atom is 0.153 e. The molecule has 0 bridgehead atoms. The number of nitrogens with two attached hydrogens (primary N) is 1. The highest BCUT2D eigenvalue weighted by Gasteiger charge is 2.10. The summed E-state index contributed by atoms with van der Waals surface area (Å²) >= 11 is 3.29. The summed E-state index contributed by atoms with van der Waals surface area (Å²) in [5.41, 5.74) is 6.22. The molecule has 0 saturated heterocycles. The average molecular weight is 322 g/mol. The quantitative estimate of drug-likeness (QED) is 0.816. The Balaban J connectivity index is 2.51. The Morgan fingerprint density at radius 1 is 1.35 bits per heavy atom. The van der Waals surface area contributed by atoms with Gasteiger partial charge in [0.2, 0.25) is 0 Å². The number of ether oxygens (including phenoxy) is 1. The largest absolute Gasteiger partial charge is 0.490 e. The van der Waals surface area contributed by atoms with Crippen LogP contribution in [0.15, 0.2) is 22.7 Å². The molecular formula is C11H16BrNO3S. The lowest BCUT2D eigenvalue weighted by Crippen LogP contribution is -2.17. The van der Waals surface area contributed by atoms with Gasteiger partial charge in [-0.3, -0.25) is 0 Å². The second-order valence-electron chi connectivity index (χ2n) is 3.68. The van der Waals surface area contributed by atoms with Crippen LogP contribution in [-0.2, 0) is 9.84 Å². The zero-order valence-corrected chi connectivity index (χ0v) is 12.1. The van der Waals surface area contributed by atoms with Crippen molar-refractivity contribution in [1.82, 2.24) is 0 Å². The van der Waals surface area contributed by atoms with Crippen LogP contribution < -0.4 is 10.5 Å². The van der Waals surface area contributed by atoms with Crippen LogP contribution in [0.25, 0.3) is 0 Å². The molecular weight excluding hydrogens is 306 g/mol. The minimum Gasteiger partial charge on any atom is -0.490 e. The minimum absolute atomic E-state index is 0.0242. The Labute approximate surface area is 110 Å². The van der Waals surface area contributed by atoms with Crippen LogP contribution in [0.1, 0.15) is 13.3 Å². The van der Waals surface area contributed by atoms with Crippen molar-refractivity contribution < 1.29 is 13.2 Å². The van der Waals surface area contributed by atoms with Crippen LogP contribution in [0.3, 0.4) is 0 Å². The van der Waals surface area contributed by atoms with Crippen molar-refractivity contribution in [3.05, 3.63) is 22.7 Å².